The molecule has 112 valence electrons. The second-order valence-corrected chi connectivity index (χ2v) is 6.19. The van der Waals surface area contributed by atoms with Crippen molar-refractivity contribution in [1.29, 1.82) is 0 Å². The lowest BCUT2D eigenvalue weighted by atomic mass is 9.97. The van der Waals surface area contributed by atoms with Gasteiger partial charge < -0.3 is 9.84 Å². The first kappa shape index (κ1) is 14.0. The van der Waals surface area contributed by atoms with E-state index in [4.69, 9.17) is 4.52 Å². The number of aromatic nitrogens is 2. The molecular formula is C15H26N4O. The Labute approximate surface area is 121 Å². The average molecular weight is 278 g/mol. The topological polar surface area (TPSA) is 54.2 Å². The van der Waals surface area contributed by atoms with Crippen molar-refractivity contribution in [3.63, 3.8) is 0 Å². The minimum Gasteiger partial charge on any atom is -0.339 e. The molecule has 20 heavy (non-hydrogen) atoms. The Bertz CT molecular complexity index is 392. The molecule has 0 radical (unpaired) electrons. The van der Waals surface area contributed by atoms with Gasteiger partial charge in [-0.25, -0.2) is 0 Å². The monoisotopic (exact) mass is 278 g/mol. The summed E-state index contributed by atoms with van der Waals surface area (Å²) in [6.07, 6.45) is 9.17. The molecule has 1 aliphatic heterocycles. The van der Waals surface area contributed by atoms with Crippen LogP contribution in [0, 0.1) is 5.92 Å². The van der Waals surface area contributed by atoms with Crippen molar-refractivity contribution in [2.24, 2.45) is 5.92 Å². The Kier molecular flexibility index (Phi) is 5.03. The van der Waals surface area contributed by atoms with Crippen molar-refractivity contribution in [3.05, 3.63) is 11.7 Å². The molecule has 5 heteroatoms. The first-order chi connectivity index (χ1) is 9.90. The Morgan fingerprint density at radius 1 is 1.10 bits per heavy atom. The quantitative estimate of drug-likeness (QED) is 0.854. The third kappa shape index (κ3) is 4.03. The Balaban J connectivity index is 1.50. The summed E-state index contributed by atoms with van der Waals surface area (Å²) < 4.78 is 5.45. The molecule has 3 rings (SSSR count). The number of nitrogens with zero attached hydrogens (tertiary/aromatic N) is 3. The molecule has 0 bridgehead atoms. The van der Waals surface area contributed by atoms with Crippen LogP contribution < -0.4 is 5.32 Å². The molecule has 0 unspecified atom stereocenters. The number of piperazine rings is 1. The van der Waals surface area contributed by atoms with Crippen LogP contribution in [0.2, 0.25) is 0 Å². The largest absolute Gasteiger partial charge is 0.339 e. The highest BCUT2D eigenvalue weighted by Crippen LogP contribution is 2.25. The molecule has 1 aromatic rings. The average Bonchev–Trinajstić information content (AvgIpc) is 2.74. The predicted octanol–water partition coefficient (Wildman–Crippen LogP) is 1.99. The van der Waals surface area contributed by atoms with Gasteiger partial charge in [-0.1, -0.05) is 30.8 Å². The maximum absolute atomic E-state index is 5.45. The van der Waals surface area contributed by atoms with Gasteiger partial charge in [-0.2, -0.15) is 4.98 Å². The molecule has 1 saturated heterocycles. The van der Waals surface area contributed by atoms with Crippen LogP contribution in [0.1, 0.15) is 50.2 Å². The maximum atomic E-state index is 5.45. The summed E-state index contributed by atoms with van der Waals surface area (Å²) in [7, 11) is 0. The van der Waals surface area contributed by atoms with E-state index >= 15 is 0 Å². The van der Waals surface area contributed by atoms with E-state index in [-0.39, 0.29) is 0 Å². The highest BCUT2D eigenvalue weighted by molar-refractivity contribution is 4.89. The van der Waals surface area contributed by atoms with E-state index in [1.165, 1.54) is 38.5 Å². The summed E-state index contributed by atoms with van der Waals surface area (Å²) in [6, 6.07) is 0. The van der Waals surface area contributed by atoms with E-state index in [9.17, 15) is 0 Å². The second-order valence-electron chi connectivity index (χ2n) is 6.19. The SMILES string of the molecule is C1CCCC(Cc2nc(CN3CCNCC3)no2)CC1. The lowest BCUT2D eigenvalue weighted by Gasteiger charge is -2.25. The fraction of sp³-hybridized carbons (Fsp3) is 0.867. The molecule has 0 spiro atoms. The molecular weight excluding hydrogens is 252 g/mol. The van der Waals surface area contributed by atoms with Crippen molar-refractivity contribution < 1.29 is 4.52 Å². The number of hydrogen-bond acceptors (Lipinski definition) is 5. The minimum absolute atomic E-state index is 0.755. The summed E-state index contributed by atoms with van der Waals surface area (Å²) in [5, 5.41) is 7.51. The van der Waals surface area contributed by atoms with Gasteiger partial charge in [-0.3, -0.25) is 4.90 Å². The zero-order valence-corrected chi connectivity index (χ0v) is 12.3. The van der Waals surface area contributed by atoms with Crippen LogP contribution in [-0.4, -0.2) is 41.2 Å². The summed E-state index contributed by atoms with van der Waals surface area (Å²) in [5.74, 6) is 2.46. The van der Waals surface area contributed by atoms with Gasteiger partial charge in [0.15, 0.2) is 5.82 Å². The molecule has 2 fully saturated rings. The normalized spacial score (nSPS) is 22.8. The van der Waals surface area contributed by atoms with Crippen molar-refractivity contribution in [2.75, 3.05) is 26.2 Å². The van der Waals surface area contributed by atoms with E-state index < -0.39 is 0 Å². The highest BCUT2D eigenvalue weighted by Gasteiger charge is 2.18. The van der Waals surface area contributed by atoms with Crippen LogP contribution in [0.3, 0.4) is 0 Å². The van der Waals surface area contributed by atoms with Gasteiger partial charge in [0.05, 0.1) is 6.54 Å². The molecule has 1 saturated carbocycles. The fourth-order valence-electron chi connectivity index (χ4n) is 3.32. The van der Waals surface area contributed by atoms with Gasteiger partial charge in [-0.15, -0.1) is 0 Å². The molecule has 1 aromatic heterocycles. The summed E-state index contributed by atoms with van der Waals surface area (Å²) in [4.78, 5) is 6.97. The molecule has 0 amide bonds. The third-order valence-corrected chi connectivity index (χ3v) is 4.52. The minimum atomic E-state index is 0.755. The number of hydrogen-bond donors (Lipinski definition) is 1. The van der Waals surface area contributed by atoms with Crippen LogP contribution in [-0.2, 0) is 13.0 Å². The highest BCUT2D eigenvalue weighted by atomic mass is 16.5. The van der Waals surface area contributed by atoms with Crippen LogP contribution in [0.25, 0.3) is 0 Å². The molecule has 0 atom stereocenters. The number of rotatable bonds is 4. The van der Waals surface area contributed by atoms with Gasteiger partial charge in [0.25, 0.3) is 0 Å². The molecule has 1 N–H and O–H groups in total. The third-order valence-electron chi connectivity index (χ3n) is 4.52. The van der Waals surface area contributed by atoms with Crippen LogP contribution in [0.15, 0.2) is 4.52 Å². The van der Waals surface area contributed by atoms with Crippen LogP contribution in [0.4, 0.5) is 0 Å². The summed E-state index contributed by atoms with van der Waals surface area (Å²) >= 11 is 0. The van der Waals surface area contributed by atoms with Gasteiger partial charge in [0.2, 0.25) is 5.89 Å². The van der Waals surface area contributed by atoms with E-state index in [1.54, 1.807) is 0 Å². The molecule has 5 nitrogen and oxygen atoms in total. The zero-order chi connectivity index (χ0) is 13.6. The summed E-state index contributed by atoms with van der Waals surface area (Å²) in [5.41, 5.74) is 0. The van der Waals surface area contributed by atoms with E-state index in [1.807, 2.05) is 0 Å². The molecule has 1 aliphatic carbocycles. The zero-order valence-electron chi connectivity index (χ0n) is 12.3. The van der Waals surface area contributed by atoms with Gasteiger partial charge in [-0.05, 0) is 18.8 Å². The van der Waals surface area contributed by atoms with Crippen LogP contribution in [0.5, 0.6) is 0 Å². The first-order valence-electron chi connectivity index (χ1n) is 8.15. The van der Waals surface area contributed by atoms with Crippen molar-refractivity contribution >= 4 is 0 Å². The lowest BCUT2D eigenvalue weighted by Crippen LogP contribution is -2.43. The first-order valence-corrected chi connectivity index (χ1v) is 8.15. The second kappa shape index (κ2) is 7.18. The summed E-state index contributed by atoms with van der Waals surface area (Å²) in [6.45, 7) is 5.11. The van der Waals surface area contributed by atoms with E-state index in [0.29, 0.717) is 0 Å². The maximum Gasteiger partial charge on any atom is 0.226 e. The Morgan fingerprint density at radius 3 is 2.60 bits per heavy atom. The van der Waals surface area contributed by atoms with E-state index in [2.05, 4.69) is 20.4 Å². The Morgan fingerprint density at radius 2 is 1.85 bits per heavy atom. The van der Waals surface area contributed by atoms with Crippen LogP contribution >= 0.6 is 0 Å². The fourth-order valence-corrected chi connectivity index (χ4v) is 3.32. The lowest BCUT2D eigenvalue weighted by molar-refractivity contribution is 0.224. The van der Waals surface area contributed by atoms with Crippen molar-refractivity contribution in [1.82, 2.24) is 20.4 Å². The standard InChI is InChI=1S/C15H26N4O/c1-2-4-6-13(5-3-1)11-15-17-14(18-20-15)12-19-9-7-16-8-10-19/h13,16H,1-12H2. The van der Waals surface area contributed by atoms with Gasteiger partial charge in [0.1, 0.15) is 0 Å². The molecule has 2 heterocycles. The predicted molar refractivity (Wildman–Crippen MR) is 77.3 cm³/mol. The van der Waals surface area contributed by atoms with Crippen molar-refractivity contribution in [2.45, 2.75) is 51.5 Å². The van der Waals surface area contributed by atoms with Gasteiger partial charge >= 0.3 is 0 Å². The molecule has 2 aliphatic rings. The molecule has 0 aromatic carbocycles. The Hall–Kier alpha value is -0.940. The van der Waals surface area contributed by atoms with Crippen molar-refractivity contribution in [3.8, 4) is 0 Å². The van der Waals surface area contributed by atoms with E-state index in [0.717, 1.165) is 56.8 Å². The van der Waals surface area contributed by atoms with Gasteiger partial charge in [0, 0.05) is 32.6 Å². The smallest absolute Gasteiger partial charge is 0.226 e. The number of nitrogens with one attached hydrogen (secondary N) is 1.